The molecule has 6 nitrogen and oxygen atoms in total. The second-order valence-electron chi connectivity index (χ2n) is 4.63. The number of hydrogen-bond acceptors (Lipinski definition) is 5. The lowest BCUT2D eigenvalue weighted by Gasteiger charge is -2.12. The van der Waals surface area contributed by atoms with E-state index in [1.807, 2.05) is 0 Å². The molecule has 0 aromatic heterocycles. The highest BCUT2D eigenvalue weighted by Gasteiger charge is 2.12. The smallest absolute Gasteiger partial charge is 0.255 e. The lowest BCUT2D eigenvalue weighted by molar-refractivity contribution is 0.102. The number of anilines is 1. The summed E-state index contributed by atoms with van der Waals surface area (Å²) in [6, 6.07) is 10.1. The molecule has 0 heterocycles. The fourth-order valence-corrected chi connectivity index (χ4v) is 2.06. The number of hydrogen-bond donors (Lipinski definition) is 1. The van der Waals surface area contributed by atoms with Crippen LogP contribution >= 0.6 is 0 Å². The fourth-order valence-electron chi connectivity index (χ4n) is 2.06. The first kappa shape index (κ1) is 16.5. The molecule has 2 aromatic rings. The third-order valence-corrected chi connectivity index (χ3v) is 3.26. The molecule has 0 bridgehead atoms. The molecule has 0 unspecified atom stereocenters. The van der Waals surface area contributed by atoms with Crippen molar-refractivity contribution in [2.75, 3.05) is 33.8 Å². The predicted octanol–water partition coefficient (Wildman–Crippen LogP) is 2.97. The zero-order valence-corrected chi connectivity index (χ0v) is 13.5. The van der Waals surface area contributed by atoms with E-state index in [1.165, 1.54) is 21.3 Å². The molecule has 23 heavy (non-hydrogen) atoms. The Morgan fingerprint density at radius 1 is 0.783 bits per heavy atom. The molecule has 0 spiro atoms. The van der Waals surface area contributed by atoms with Crippen LogP contribution in [0, 0.1) is 0 Å². The normalized spacial score (nSPS) is 9.91. The lowest BCUT2D eigenvalue weighted by Crippen LogP contribution is -2.12. The highest BCUT2D eigenvalue weighted by Crippen LogP contribution is 2.30. The molecular weight excluding hydrogens is 298 g/mol. The highest BCUT2D eigenvalue weighted by atomic mass is 16.5. The summed E-state index contributed by atoms with van der Waals surface area (Å²) in [7, 11) is 6.16. The Kier molecular flexibility index (Phi) is 5.30. The van der Waals surface area contributed by atoms with E-state index in [0.29, 0.717) is 34.2 Å². The van der Waals surface area contributed by atoms with Gasteiger partial charge in [-0.2, -0.15) is 0 Å². The van der Waals surface area contributed by atoms with E-state index >= 15 is 0 Å². The van der Waals surface area contributed by atoms with Crippen molar-refractivity contribution in [3.05, 3.63) is 42.0 Å². The monoisotopic (exact) mass is 317 g/mol. The predicted molar refractivity (Wildman–Crippen MR) is 87.0 cm³/mol. The average Bonchev–Trinajstić information content (AvgIpc) is 2.60. The summed E-state index contributed by atoms with van der Waals surface area (Å²) in [6.07, 6.45) is 0. The minimum absolute atomic E-state index is 0.283. The van der Waals surface area contributed by atoms with Gasteiger partial charge in [-0.05, 0) is 24.3 Å². The van der Waals surface area contributed by atoms with E-state index in [2.05, 4.69) is 5.32 Å². The molecule has 0 saturated carbocycles. The Balaban J connectivity index is 2.25. The summed E-state index contributed by atoms with van der Waals surface area (Å²) in [4.78, 5) is 12.4. The molecule has 0 atom stereocenters. The maximum atomic E-state index is 12.4. The van der Waals surface area contributed by atoms with Crippen molar-refractivity contribution in [2.45, 2.75) is 0 Å². The van der Waals surface area contributed by atoms with Crippen molar-refractivity contribution in [1.82, 2.24) is 0 Å². The second-order valence-corrected chi connectivity index (χ2v) is 4.63. The summed E-state index contributed by atoms with van der Waals surface area (Å²) in [5.41, 5.74) is 1.02. The maximum absolute atomic E-state index is 12.4. The first-order valence-corrected chi connectivity index (χ1v) is 6.87. The number of methoxy groups -OCH3 is 4. The summed E-state index contributed by atoms with van der Waals surface area (Å²) < 4.78 is 20.7. The molecule has 1 amide bonds. The van der Waals surface area contributed by atoms with Gasteiger partial charge in [0.1, 0.15) is 11.5 Å². The minimum Gasteiger partial charge on any atom is -0.497 e. The van der Waals surface area contributed by atoms with Gasteiger partial charge in [-0.15, -0.1) is 0 Å². The van der Waals surface area contributed by atoms with Gasteiger partial charge < -0.3 is 24.3 Å². The average molecular weight is 317 g/mol. The zero-order chi connectivity index (χ0) is 16.8. The van der Waals surface area contributed by atoms with Gasteiger partial charge >= 0.3 is 0 Å². The van der Waals surface area contributed by atoms with Gasteiger partial charge in [0.15, 0.2) is 11.5 Å². The third-order valence-electron chi connectivity index (χ3n) is 3.26. The van der Waals surface area contributed by atoms with E-state index in [0.717, 1.165) is 0 Å². The molecule has 6 heteroatoms. The Labute approximate surface area is 134 Å². The topological polar surface area (TPSA) is 66.0 Å². The van der Waals surface area contributed by atoms with Gasteiger partial charge in [-0.3, -0.25) is 4.79 Å². The summed E-state index contributed by atoms with van der Waals surface area (Å²) in [5.74, 6) is 1.93. The molecular formula is C17H19NO5. The largest absolute Gasteiger partial charge is 0.497 e. The van der Waals surface area contributed by atoms with Crippen LogP contribution in [0.15, 0.2) is 36.4 Å². The van der Waals surface area contributed by atoms with E-state index in [1.54, 1.807) is 43.5 Å². The molecule has 0 aliphatic heterocycles. The van der Waals surface area contributed by atoms with Crippen LogP contribution in [0.2, 0.25) is 0 Å². The molecule has 0 aliphatic carbocycles. The van der Waals surface area contributed by atoms with Gasteiger partial charge in [0.05, 0.1) is 28.4 Å². The standard InChI is InChI=1S/C17H19NO5/c1-20-13-7-11(8-14(10-13)21-2)17(19)18-12-5-6-15(22-3)16(9-12)23-4/h5-10H,1-4H3,(H,18,19). The minimum atomic E-state index is -0.283. The number of carbonyl (C=O) groups is 1. The van der Waals surface area contributed by atoms with Crippen LogP contribution in [0.5, 0.6) is 23.0 Å². The number of rotatable bonds is 6. The van der Waals surface area contributed by atoms with Crippen molar-refractivity contribution in [2.24, 2.45) is 0 Å². The Morgan fingerprint density at radius 2 is 1.39 bits per heavy atom. The van der Waals surface area contributed by atoms with Crippen molar-refractivity contribution in [1.29, 1.82) is 0 Å². The number of benzene rings is 2. The third kappa shape index (κ3) is 3.85. The Morgan fingerprint density at radius 3 is 1.91 bits per heavy atom. The van der Waals surface area contributed by atoms with Crippen LogP contribution < -0.4 is 24.3 Å². The summed E-state index contributed by atoms with van der Waals surface area (Å²) in [5, 5.41) is 2.80. The molecule has 2 rings (SSSR count). The highest BCUT2D eigenvalue weighted by molar-refractivity contribution is 6.05. The van der Waals surface area contributed by atoms with Crippen LogP contribution in [0.3, 0.4) is 0 Å². The van der Waals surface area contributed by atoms with E-state index in [4.69, 9.17) is 18.9 Å². The SMILES string of the molecule is COc1cc(OC)cc(C(=O)Nc2ccc(OC)c(OC)c2)c1. The van der Waals surface area contributed by atoms with Gasteiger partial charge in [0.25, 0.3) is 5.91 Å². The Bertz CT molecular complexity index is 677. The number of carbonyl (C=O) groups excluding carboxylic acids is 1. The van der Waals surface area contributed by atoms with Gasteiger partial charge in [-0.25, -0.2) is 0 Å². The number of ether oxygens (including phenoxy) is 4. The fraction of sp³-hybridized carbons (Fsp3) is 0.235. The Hall–Kier alpha value is -2.89. The number of amides is 1. The summed E-state index contributed by atoms with van der Waals surface area (Å²) >= 11 is 0. The van der Waals surface area contributed by atoms with Gasteiger partial charge in [0, 0.05) is 23.4 Å². The van der Waals surface area contributed by atoms with Gasteiger partial charge in [0.2, 0.25) is 0 Å². The van der Waals surface area contributed by atoms with E-state index in [-0.39, 0.29) is 5.91 Å². The molecule has 1 N–H and O–H groups in total. The van der Waals surface area contributed by atoms with Crippen molar-refractivity contribution in [3.63, 3.8) is 0 Å². The van der Waals surface area contributed by atoms with E-state index < -0.39 is 0 Å². The van der Waals surface area contributed by atoms with Gasteiger partial charge in [-0.1, -0.05) is 0 Å². The van der Waals surface area contributed by atoms with Crippen molar-refractivity contribution >= 4 is 11.6 Å². The zero-order valence-electron chi connectivity index (χ0n) is 13.5. The first-order valence-electron chi connectivity index (χ1n) is 6.87. The number of nitrogens with one attached hydrogen (secondary N) is 1. The molecule has 0 radical (unpaired) electrons. The van der Waals surface area contributed by atoms with Crippen LogP contribution in [-0.2, 0) is 0 Å². The quantitative estimate of drug-likeness (QED) is 0.887. The molecule has 2 aromatic carbocycles. The van der Waals surface area contributed by atoms with Crippen LogP contribution in [-0.4, -0.2) is 34.3 Å². The first-order chi connectivity index (χ1) is 11.1. The van der Waals surface area contributed by atoms with Crippen molar-refractivity contribution in [3.8, 4) is 23.0 Å². The maximum Gasteiger partial charge on any atom is 0.255 e. The molecule has 0 saturated heterocycles. The van der Waals surface area contributed by atoms with Crippen LogP contribution in [0.1, 0.15) is 10.4 Å². The van der Waals surface area contributed by atoms with Crippen LogP contribution in [0.25, 0.3) is 0 Å². The summed E-state index contributed by atoms with van der Waals surface area (Å²) in [6.45, 7) is 0. The molecule has 0 aliphatic rings. The van der Waals surface area contributed by atoms with Crippen molar-refractivity contribution < 1.29 is 23.7 Å². The van der Waals surface area contributed by atoms with E-state index in [9.17, 15) is 4.79 Å². The second kappa shape index (κ2) is 7.40. The molecule has 122 valence electrons. The molecule has 0 fully saturated rings. The lowest BCUT2D eigenvalue weighted by atomic mass is 10.1. The van der Waals surface area contributed by atoms with Crippen LogP contribution in [0.4, 0.5) is 5.69 Å².